The highest BCUT2D eigenvalue weighted by Crippen LogP contribution is 2.33. The van der Waals surface area contributed by atoms with Gasteiger partial charge in [-0.2, -0.15) is 0 Å². The van der Waals surface area contributed by atoms with Crippen LogP contribution in [-0.4, -0.2) is 5.91 Å². The Morgan fingerprint density at radius 2 is 2.00 bits per heavy atom. The summed E-state index contributed by atoms with van der Waals surface area (Å²) in [7, 11) is 0. The van der Waals surface area contributed by atoms with E-state index >= 15 is 0 Å². The van der Waals surface area contributed by atoms with Crippen molar-refractivity contribution in [2.45, 2.75) is 18.7 Å². The van der Waals surface area contributed by atoms with Crippen LogP contribution in [0.15, 0.2) is 36.4 Å². The van der Waals surface area contributed by atoms with Gasteiger partial charge in [-0.3, -0.25) is 4.79 Å². The van der Waals surface area contributed by atoms with Crippen molar-refractivity contribution in [3.8, 4) is 0 Å². The minimum atomic E-state index is -0.426. The number of carbonyl (C=O) groups is 1. The quantitative estimate of drug-likeness (QED) is 0.833. The molecule has 1 N–H and O–H groups in total. The molecule has 1 unspecified atom stereocenters. The Balaban J connectivity index is 1.97. The number of hydrogen-bond donors (Lipinski definition) is 1. The van der Waals surface area contributed by atoms with Gasteiger partial charge in [-0.25, -0.2) is 4.39 Å². The molecule has 1 aliphatic heterocycles. The summed E-state index contributed by atoms with van der Waals surface area (Å²) in [4.78, 5) is 11.3. The first-order chi connectivity index (χ1) is 9.52. The number of alkyl halides is 1. The lowest BCUT2D eigenvalue weighted by atomic mass is 10.00. The van der Waals surface area contributed by atoms with Crippen molar-refractivity contribution in [1.29, 1.82) is 0 Å². The molecule has 20 heavy (non-hydrogen) atoms. The maximum absolute atomic E-state index is 13.5. The van der Waals surface area contributed by atoms with E-state index in [2.05, 4.69) is 5.32 Å². The average molecular weight is 290 g/mol. The van der Waals surface area contributed by atoms with E-state index in [1.807, 2.05) is 31.2 Å². The summed E-state index contributed by atoms with van der Waals surface area (Å²) in [5.74, 6) is -0.298. The highest BCUT2D eigenvalue weighted by molar-refractivity contribution is 6.22. The minimum absolute atomic E-state index is 0.00938. The first-order valence-corrected chi connectivity index (χ1v) is 6.80. The lowest BCUT2D eigenvalue weighted by Gasteiger charge is -2.12. The molecule has 2 aromatic rings. The Kier molecular flexibility index (Phi) is 3.22. The van der Waals surface area contributed by atoms with Crippen LogP contribution in [0.5, 0.6) is 0 Å². The highest BCUT2D eigenvalue weighted by Gasteiger charge is 2.20. The second kappa shape index (κ2) is 4.91. The maximum Gasteiger partial charge on any atom is 0.228 e. The van der Waals surface area contributed by atoms with E-state index in [1.54, 1.807) is 0 Å². The third-order valence-electron chi connectivity index (χ3n) is 3.40. The molecule has 1 amide bonds. The van der Waals surface area contributed by atoms with Gasteiger partial charge in [0.15, 0.2) is 0 Å². The highest BCUT2D eigenvalue weighted by atomic mass is 35.5. The fourth-order valence-electron chi connectivity index (χ4n) is 2.51. The number of fused-ring (bicyclic) bond motifs is 1. The van der Waals surface area contributed by atoms with Crippen LogP contribution in [0.3, 0.4) is 0 Å². The number of rotatable bonds is 2. The Hall–Kier alpha value is -1.87. The molecule has 0 radical (unpaired) electrons. The number of benzene rings is 2. The van der Waals surface area contributed by atoms with Crippen molar-refractivity contribution in [3.63, 3.8) is 0 Å². The molecule has 0 spiro atoms. The molecule has 1 atom stereocenters. The summed E-state index contributed by atoms with van der Waals surface area (Å²) >= 11 is 6.44. The molecule has 102 valence electrons. The Morgan fingerprint density at radius 3 is 2.75 bits per heavy atom. The van der Waals surface area contributed by atoms with E-state index in [-0.39, 0.29) is 11.7 Å². The van der Waals surface area contributed by atoms with Crippen LogP contribution >= 0.6 is 11.6 Å². The molecule has 0 fully saturated rings. The number of hydrogen-bond acceptors (Lipinski definition) is 1. The first-order valence-electron chi connectivity index (χ1n) is 6.37. The maximum atomic E-state index is 13.5. The molecule has 0 saturated carbocycles. The zero-order valence-corrected chi connectivity index (χ0v) is 11.7. The fraction of sp³-hybridized carbons (Fsp3) is 0.188. The molecule has 1 heterocycles. The predicted molar refractivity (Wildman–Crippen MR) is 77.6 cm³/mol. The van der Waals surface area contributed by atoms with Gasteiger partial charge in [-0.15, -0.1) is 11.6 Å². The fourth-order valence-corrected chi connectivity index (χ4v) is 2.77. The van der Waals surface area contributed by atoms with Crippen molar-refractivity contribution in [2.75, 3.05) is 5.32 Å². The number of amides is 1. The summed E-state index contributed by atoms with van der Waals surface area (Å²) in [6.07, 6.45) is 0.370. The van der Waals surface area contributed by atoms with E-state index in [9.17, 15) is 9.18 Å². The van der Waals surface area contributed by atoms with Gasteiger partial charge in [-0.05, 0) is 47.4 Å². The molecular weight excluding hydrogens is 277 g/mol. The summed E-state index contributed by atoms with van der Waals surface area (Å²) in [6.45, 7) is 1.83. The Labute approximate surface area is 121 Å². The van der Waals surface area contributed by atoms with Gasteiger partial charge in [0.05, 0.1) is 11.8 Å². The van der Waals surface area contributed by atoms with Crippen molar-refractivity contribution in [2.24, 2.45) is 0 Å². The lowest BCUT2D eigenvalue weighted by molar-refractivity contribution is -0.115. The van der Waals surface area contributed by atoms with Crippen LogP contribution in [0.4, 0.5) is 10.1 Å². The number of nitrogens with one attached hydrogen (secondary N) is 1. The Bertz CT molecular complexity index is 679. The summed E-state index contributed by atoms with van der Waals surface area (Å²) in [5.41, 5.74) is 4.20. The second-order valence-corrected chi connectivity index (χ2v) is 5.50. The number of halogens is 2. The topological polar surface area (TPSA) is 29.1 Å². The van der Waals surface area contributed by atoms with Gasteiger partial charge in [-0.1, -0.05) is 18.2 Å². The molecule has 0 saturated heterocycles. The van der Waals surface area contributed by atoms with Gasteiger partial charge in [0, 0.05) is 5.69 Å². The number of aryl methyl sites for hydroxylation is 1. The largest absolute Gasteiger partial charge is 0.326 e. The van der Waals surface area contributed by atoms with E-state index < -0.39 is 5.38 Å². The van der Waals surface area contributed by atoms with Gasteiger partial charge in [0.2, 0.25) is 5.91 Å². The van der Waals surface area contributed by atoms with Crippen LogP contribution in [-0.2, 0) is 11.2 Å². The van der Waals surface area contributed by atoms with E-state index in [0.29, 0.717) is 6.42 Å². The van der Waals surface area contributed by atoms with Crippen molar-refractivity contribution in [1.82, 2.24) is 0 Å². The standard InChI is InChI=1S/C16H13ClFNO/c1-9-4-12(7-13(18)5-9)16(17)10-2-3-14-11(6-10)8-15(20)19-14/h2-7,16H,8H2,1H3,(H,19,20). The molecule has 0 aliphatic carbocycles. The lowest BCUT2D eigenvalue weighted by Crippen LogP contribution is -2.03. The zero-order chi connectivity index (χ0) is 14.3. The minimum Gasteiger partial charge on any atom is -0.326 e. The zero-order valence-electron chi connectivity index (χ0n) is 10.9. The Morgan fingerprint density at radius 1 is 1.20 bits per heavy atom. The molecule has 1 aliphatic rings. The van der Waals surface area contributed by atoms with Crippen LogP contribution in [0.2, 0.25) is 0 Å². The molecular formula is C16H13ClFNO. The number of carbonyl (C=O) groups excluding carboxylic acids is 1. The normalized spacial score (nSPS) is 14.8. The van der Waals surface area contributed by atoms with Gasteiger partial charge < -0.3 is 5.32 Å². The second-order valence-electron chi connectivity index (χ2n) is 5.07. The monoisotopic (exact) mass is 289 g/mol. The molecule has 2 nitrogen and oxygen atoms in total. The van der Waals surface area contributed by atoms with Crippen molar-refractivity contribution < 1.29 is 9.18 Å². The summed E-state index contributed by atoms with van der Waals surface area (Å²) in [5, 5.41) is 2.35. The van der Waals surface area contributed by atoms with E-state index in [4.69, 9.17) is 11.6 Å². The van der Waals surface area contributed by atoms with E-state index in [0.717, 1.165) is 27.9 Å². The van der Waals surface area contributed by atoms with Gasteiger partial charge >= 0.3 is 0 Å². The average Bonchev–Trinajstić information content (AvgIpc) is 2.75. The molecule has 2 aromatic carbocycles. The third-order valence-corrected chi connectivity index (χ3v) is 3.91. The molecule has 0 bridgehead atoms. The SMILES string of the molecule is Cc1cc(F)cc(C(Cl)c2ccc3c(c2)CC(=O)N3)c1. The third kappa shape index (κ3) is 2.41. The molecule has 0 aromatic heterocycles. The smallest absolute Gasteiger partial charge is 0.228 e. The molecule has 3 rings (SSSR count). The molecule has 4 heteroatoms. The summed E-state index contributed by atoms with van der Waals surface area (Å²) in [6, 6.07) is 10.4. The van der Waals surface area contributed by atoms with Crippen LogP contribution in [0, 0.1) is 12.7 Å². The van der Waals surface area contributed by atoms with Crippen molar-refractivity contribution >= 4 is 23.2 Å². The van der Waals surface area contributed by atoms with Crippen LogP contribution in [0.1, 0.15) is 27.6 Å². The first kappa shape index (κ1) is 13.1. The van der Waals surface area contributed by atoms with Crippen molar-refractivity contribution in [3.05, 3.63) is 64.5 Å². The van der Waals surface area contributed by atoms with E-state index in [1.165, 1.54) is 12.1 Å². The van der Waals surface area contributed by atoms with Crippen LogP contribution in [0.25, 0.3) is 0 Å². The van der Waals surface area contributed by atoms with Gasteiger partial charge in [0.25, 0.3) is 0 Å². The predicted octanol–water partition coefficient (Wildman–Crippen LogP) is 3.96. The van der Waals surface area contributed by atoms with Crippen LogP contribution < -0.4 is 5.32 Å². The number of anilines is 1. The summed E-state index contributed by atoms with van der Waals surface area (Å²) < 4.78 is 13.5. The van der Waals surface area contributed by atoms with Gasteiger partial charge in [0.1, 0.15) is 5.82 Å².